The van der Waals surface area contributed by atoms with Gasteiger partial charge in [-0.15, -0.1) is 11.3 Å². The van der Waals surface area contributed by atoms with Crippen molar-refractivity contribution in [1.29, 1.82) is 10.5 Å². The Kier molecular flexibility index (Phi) is 6.17. The minimum absolute atomic E-state index is 0.143. The Morgan fingerprint density at radius 1 is 1.06 bits per heavy atom. The molecule has 0 bridgehead atoms. The molecule has 33 heavy (non-hydrogen) atoms. The number of hydrogen-bond acceptors (Lipinski definition) is 6. The lowest BCUT2D eigenvalue weighted by atomic mass is 9.90. The Balaban J connectivity index is 1.34. The Labute approximate surface area is 201 Å². The summed E-state index contributed by atoms with van der Waals surface area (Å²) in [5.74, 6) is -0.0474. The molecule has 7 heteroatoms. The molecular formula is C26H22N4OS2. The number of fused-ring (bicyclic) bond motifs is 4. The van der Waals surface area contributed by atoms with Crippen molar-refractivity contribution in [2.45, 2.75) is 50.0 Å². The summed E-state index contributed by atoms with van der Waals surface area (Å²) in [6.07, 6.45) is 7.02. The van der Waals surface area contributed by atoms with Crippen LogP contribution < -0.4 is 5.32 Å². The Bertz CT molecular complexity index is 1330. The number of thiophene rings is 1. The molecule has 1 amide bonds. The number of nitrogens with one attached hydrogen (secondary N) is 1. The van der Waals surface area contributed by atoms with Gasteiger partial charge in [-0.25, -0.2) is 4.98 Å². The molecule has 0 fully saturated rings. The van der Waals surface area contributed by atoms with Crippen LogP contribution in [0.15, 0.2) is 35.4 Å². The van der Waals surface area contributed by atoms with E-state index >= 15 is 0 Å². The van der Waals surface area contributed by atoms with E-state index in [0.29, 0.717) is 21.2 Å². The van der Waals surface area contributed by atoms with Gasteiger partial charge in [0.1, 0.15) is 22.2 Å². The maximum atomic E-state index is 12.8. The highest BCUT2D eigenvalue weighted by Crippen LogP contribution is 2.44. The van der Waals surface area contributed by atoms with E-state index in [-0.39, 0.29) is 11.7 Å². The molecule has 0 atom stereocenters. The first-order chi connectivity index (χ1) is 16.2. The molecule has 0 radical (unpaired) electrons. The van der Waals surface area contributed by atoms with Gasteiger partial charge in [0.15, 0.2) is 0 Å². The lowest BCUT2D eigenvalue weighted by molar-refractivity contribution is -0.113. The molecule has 5 nitrogen and oxygen atoms in total. The van der Waals surface area contributed by atoms with Crippen LogP contribution in [0.5, 0.6) is 0 Å². The van der Waals surface area contributed by atoms with Crippen molar-refractivity contribution in [3.05, 3.63) is 63.8 Å². The van der Waals surface area contributed by atoms with Gasteiger partial charge in [-0.1, -0.05) is 42.4 Å². The van der Waals surface area contributed by atoms with Gasteiger partial charge >= 0.3 is 0 Å². The highest BCUT2D eigenvalue weighted by Gasteiger charge is 2.25. The second-order valence-electron chi connectivity index (χ2n) is 8.34. The average Bonchev–Trinajstić information content (AvgIpc) is 3.03. The van der Waals surface area contributed by atoms with E-state index in [9.17, 15) is 15.3 Å². The fraction of sp³-hybridized carbons (Fsp3) is 0.308. The summed E-state index contributed by atoms with van der Waals surface area (Å²) < 4.78 is 0. The number of benzene rings is 1. The third-order valence-corrected chi connectivity index (χ3v) is 8.43. The number of aryl methyl sites for hydroxylation is 3. The first-order valence-corrected chi connectivity index (χ1v) is 13.0. The summed E-state index contributed by atoms with van der Waals surface area (Å²) in [5.41, 5.74) is 6.80. The number of amides is 1. The maximum Gasteiger partial charge on any atom is 0.235 e. The highest BCUT2D eigenvalue weighted by atomic mass is 32.2. The molecule has 0 saturated heterocycles. The van der Waals surface area contributed by atoms with Gasteiger partial charge in [-0.05, 0) is 66.8 Å². The molecule has 5 rings (SSSR count). The van der Waals surface area contributed by atoms with E-state index in [4.69, 9.17) is 4.98 Å². The Hall–Kier alpha value is -3.13. The summed E-state index contributed by atoms with van der Waals surface area (Å²) >= 11 is 2.77. The number of nitrogens with zero attached hydrogens (tertiary/aromatic N) is 3. The molecule has 0 unspecified atom stereocenters. The average molecular weight is 471 g/mol. The smallest absolute Gasteiger partial charge is 0.235 e. The molecule has 0 saturated carbocycles. The molecule has 3 aromatic rings. The summed E-state index contributed by atoms with van der Waals surface area (Å²) in [4.78, 5) is 18.6. The Morgan fingerprint density at radius 3 is 2.76 bits per heavy atom. The maximum absolute atomic E-state index is 12.8. The van der Waals surface area contributed by atoms with Crippen molar-refractivity contribution in [3.8, 4) is 22.6 Å². The summed E-state index contributed by atoms with van der Waals surface area (Å²) in [5, 5.41) is 23.6. The highest BCUT2D eigenvalue weighted by molar-refractivity contribution is 8.00. The van der Waals surface area contributed by atoms with Crippen molar-refractivity contribution in [1.82, 2.24) is 4.98 Å². The predicted molar refractivity (Wildman–Crippen MR) is 131 cm³/mol. The van der Waals surface area contributed by atoms with Gasteiger partial charge in [0, 0.05) is 10.6 Å². The lowest BCUT2D eigenvalue weighted by Crippen LogP contribution is -2.14. The van der Waals surface area contributed by atoms with Crippen LogP contribution in [0, 0.1) is 22.7 Å². The summed E-state index contributed by atoms with van der Waals surface area (Å²) in [6.45, 7) is 0. The van der Waals surface area contributed by atoms with Gasteiger partial charge in [0.25, 0.3) is 0 Å². The number of rotatable bonds is 4. The van der Waals surface area contributed by atoms with E-state index in [1.54, 1.807) is 0 Å². The number of carbonyl (C=O) groups excluding carboxylic acids is 1. The molecule has 2 aliphatic rings. The normalized spacial score (nSPS) is 14.1. The SMILES string of the molecule is N#Cc1cc2c(nc1SCC(=O)Nc1sc3c(c1C#N)CCc1ccccc1-3)CCCCC2. The van der Waals surface area contributed by atoms with E-state index in [1.807, 2.05) is 18.2 Å². The van der Waals surface area contributed by atoms with Crippen molar-refractivity contribution < 1.29 is 4.79 Å². The number of thioether (sulfide) groups is 1. The van der Waals surface area contributed by atoms with Gasteiger partial charge in [0.2, 0.25) is 5.91 Å². The van der Waals surface area contributed by atoms with Crippen molar-refractivity contribution >= 4 is 34.0 Å². The van der Waals surface area contributed by atoms with Crippen LogP contribution in [0.1, 0.15) is 52.8 Å². The fourth-order valence-corrected chi connectivity index (χ4v) is 6.68. The minimum atomic E-state index is -0.191. The molecule has 2 heterocycles. The van der Waals surface area contributed by atoms with Crippen LogP contribution >= 0.6 is 23.1 Å². The summed E-state index contributed by atoms with van der Waals surface area (Å²) in [6, 6.07) is 14.8. The molecule has 2 aliphatic carbocycles. The zero-order valence-electron chi connectivity index (χ0n) is 18.1. The van der Waals surface area contributed by atoms with Crippen LogP contribution in [0.4, 0.5) is 5.00 Å². The van der Waals surface area contributed by atoms with E-state index < -0.39 is 0 Å². The van der Waals surface area contributed by atoms with Crippen LogP contribution in [0.3, 0.4) is 0 Å². The van der Waals surface area contributed by atoms with Gasteiger partial charge in [-0.2, -0.15) is 10.5 Å². The Morgan fingerprint density at radius 2 is 1.91 bits per heavy atom. The van der Waals surface area contributed by atoms with E-state index in [2.05, 4.69) is 29.6 Å². The largest absolute Gasteiger partial charge is 0.316 e. The predicted octanol–water partition coefficient (Wildman–Crippen LogP) is 5.65. The number of aromatic nitrogens is 1. The first kappa shape index (κ1) is 21.7. The quantitative estimate of drug-likeness (QED) is 0.393. The number of anilines is 1. The number of nitriles is 2. The number of hydrogen-bond donors (Lipinski definition) is 1. The zero-order valence-corrected chi connectivity index (χ0v) is 19.7. The second kappa shape index (κ2) is 9.39. The molecule has 164 valence electrons. The van der Waals surface area contributed by atoms with Crippen molar-refractivity contribution in [2.24, 2.45) is 0 Å². The van der Waals surface area contributed by atoms with Gasteiger partial charge < -0.3 is 5.32 Å². The van der Waals surface area contributed by atoms with Crippen LogP contribution in [-0.2, 0) is 30.5 Å². The molecule has 2 aromatic heterocycles. The van der Waals surface area contributed by atoms with Crippen LogP contribution in [0.25, 0.3) is 10.4 Å². The minimum Gasteiger partial charge on any atom is -0.316 e. The van der Waals surface area contributed by atoms with Crippen LogP contribution in [-0.4, -0.2) is 16.6 Å². The number of pyridine rings is 1. The van der Waals surface area contributed by atoms with E-state index in [0.717, 1.165) is 60.2 Å². The molecular weight excluding hydrogens is 448 g/mol. The zero-order chi connectivity index (χ0) is 22.8. The van der Waals surface area contributed by atoms with Gasteiger partial charge in [0.05, 0.1) is 16.9 Å². The van der Waals surface area contributed by atoms with Crippen LogP contribution in [0.2, 0.25) is 0 Å². The molecule has 1 aromatic carbocycles. The van der Waals surface area contributed by atoms with Gasteiger partial charge in [-0.3, -0.25) is 4.79 Å². The van der Waals surface area contributed by atoms with E-state index in [1.165, 1.54) is 40.6 Å². The van der Waals surface area contributed by atoms with Crippen molar-refractivity contribution in [2.75, 3.05) is 11.1 Å². The summed E-state index contributed by atoms with van der Waals surface area (Å²) in [7, 11) is 0. The third-order valence-electron chi connectivity index (χ3n) is 6.25. The standard InChI is InChI=1S/C26H22N4OS2/c27-13-18-12-17-7-2-1-3-9-22(17)29-25(18)32-15-23(31)30-26-21(14-28)20-11-10-16-6-4-5-8-19(16)24(20)33-26/h4-6,8,12H,1-3,7,9-11,15H2,(H,30,31). The fourth-order valence-electron chi connectivity index (χ4n) is 4.63. The second-order valence-corrected chi connectivity index (χ2v) is 10.3. The first-order valence-electron chi connectivity index (χ1n) is 11.2. The topological polar surface area (TPSA) is 89.6 Å². The molecule has 0 aliphatic heterocycles. The lowest BCUT2D eigenvalue weighted by Gasteiger charge is -2.15. The molecule has 1 N–H and O–H groups in total. The monoisotopic (exact) mass is 470 g/mol. The third kappa shape index (κ3) is 4.27. The van der Waals surface area contributed by atoms with Crippen molar-refractivity contribution in [3.63, 3.8) is 0 Å². The molecule has 0 spiro atoms. The number of carbonyl (C=O) groups is 1.